The normalized spacial score (nSPS) is 12.2. The van der Waals surface area contributed by atoms with Crippen LogP contribution in [0, 0.1) is 0 Å². The van der Waals surface area contributed by atoms with Crippen LogP contribution in [0.25, 0.3) is 0 Å². The third-order valence-electron chi connectivity index (χ3n) is 3.98. The topological polar surface area (TPSA) is 56.8 Å². The van der Waals surface area contributed by atoms with Crippen LogP contribution in [0.3, 0.4) is 0 Å². The van der Waals surface area contributed by atoms with Crippen LogP contribution in [0.5, 0.6) is 17.2 Å². The monoisotopic (exact) mass is 377 g/mol. The molecule has 0 saturated heterocycles. The molecule has 1 N–H and O–H groups in total. The molecule has 1 atom stereocenters. The number of carbonyl (C=O) groups is 1. The van der Waals surface area contributed by atoms with Crippen molar-refractivity contribution in [2.24, 2.45) is 0 Å². The Morgan fingerprint density at radius 3 is 2.23 bits per heavy atom. The van der Waals surface area contributed by atoms with Crippen molar-refractivity contribution in [3.05, 3.63) is 53.1 Å². The molecule has 0 aromatic heterocycles. The quantitative estimate of drug-likeness (QED) is 0.777. The molecule has 0 bridgehead atoms. The second-order valence-corrected chi connectivity index (χ2v) is 6.81. The molecule has 1 unspecified atom stereocenters. The van der Waals surface area contributed by atoms with E-state index in [2.05, 4.69) is 5.32 Å². The molecule has 0 aliphatic carbocycles. The third-order valence-corrected chi connectivity index (χ3v) is 4.24. The fraction of sp³-hybridized carbons (Fsp3) is 0.350. The van der Waals surface area contributed by atoms with E-state index in [1.54, 1.807) is 52.3 Å². The molecule has 0 radical (unpaired) electrons. The van der Waals surface area contributed by atoms with Gasteiger partial charge in [0.05, 0.1) is 20.3 Å². The fourth-order valence-corrected chi connectivity index (χ4v) is 2.60. The Kier molecular flexibility index (Phi) is 6.37. The van der Waals surface area contributed by atoms with Gasteiger partial charge in [-0.1, -0.05) is 11.6 Å². The Morgan fingerprint density at radius 2 is 1.65 bits per heavy atom. The summed E-state index contributed by atoms with van der Waals surface area (Å²) in [6.07, 6.45) is 0. The molecule has 2 aromatic carbocycles. The molecule has 0 fully saturated rings. The van der Waals surface area contributed by atoms with Crippen LogP contribution in [-0.2, 0) is 4.79 Å². The van der Waals surface area contributed by atoms with E-state index in [9.17, 15) is 4.79 Å². The lowest BCUT2D eigenvalue weighted by atomic mass is 10.0. The summed E-state index contributed by atoms with van der Waals surface area (Å²) < 4.78 is 16.5. The van der Waals surface area contributed by atoms with E-state index in [1.165, 1.54) is 0 Å². The highest BCUT2D eigenvalue weighted by atomic mass is 35.5. The maximum absolute atomic E-state index is 12.7. The van der Waals surface area contributed by atoms with Crippen molar-refractivity contribution in [2.45, 2.75) is 32.4 Å². The predicted octanol–water partition coefficient (Wildman–Crippen LogP) is 4.39. The van der Waals surface area contributed by atoms with Crippen molar-refractivity contribution in [3.63, 3.8) is 0 Å². The molecular weight excluding hydrogens is 354 g/mol. The van der Waals surface area contributed by atoms with E-state index in [-0.39, 0.29) is 11.9 Å². The summed E-state index contributed by atoms with van der Waals surface area (Å²) in [7, 11) is 3.19. The number of amides is 1. The molecule has 5 nitrogen and oxygen atoms in total. The number of methoxy groups -OCH3 is 2. The Hall–Kier alpha value is -2.40. The Labute approximate surface area is 159 Å². The molecule has 2 rings (SSSR count). The van der Waals surface area contributed by atoms with Gasteiger partial charge in [0.15, 0.2) is 5.60 Å². The first kappa shape index (κ1) is 19.9. The van der Waals surface area contributed by atoms with Crippen LogP contribution >= 0.6 is 11.6 Å². The molecule has 26 heavy (non-hydrogen) atoms. The number of hydrogen-bond acceptors (Lipinski definition) is 4. The molecule has 0 aliphatic heterocycles. The van der Waals surface area contributed by atoms with Crippen LogP contribution in [0.4, 0.5) is 0 Å². The molecule has 0 saturated carbocycles. The van der Waals surface area contributed by atoms with Crippen LogP contribution < -0.4 is 19.5 Å². The summed E-state index contributed by atoms with van der Waals surface area (Å²) in [6.45, 7) is 5.31. The van der Waals surface area contributed by atoms with Crippen molar-refractivity contribution in [3.8, 4) is 17.2 Å². The van der Waals surface area contributed by atoms with Gasteiger partial charge in [-0.15, -0.1) is 0 Å². The molecule has 0 aliphatic rings. The SMILES string of the molecule is COc1ccc(OC)c(C(C)NC(=O)C(C)(C)Oc2ccc(Cl)cc2)c1. The first-order chi connectivity index (χ1) is 12.3. The van der Waals surface area contributed by atoms with Gasteiger partial charge in [-0.05, 0) is 63.2 Å². The van der Waals surface area contributed by atoms with Crippen LogP contribution in [-0.4, -0.2) is 25.7 Å². The van der Waals surface area contributed by atoms with Gasteiger partial charge in [-0.25, -0.2) is 0 Å². The van der Waals surface area contributed by atoms with Gasteiger partial charge in [0.1, 0.15) is 17.2 Å². The average molecular weight is 378 g/mol. The van der Waals surface area contributed by atoms with Crippen LogP contribution in [0.1, 0.15) is 32.4 Å². The van der Waals surface area contributed by atoms with Gasteiger partial charge in [-0.3, -0.25) is 4.79 Å². The lowest BCUT2D eigenvalue weighted by molar-refractivity contribution is -0.134. The zero-order chi connectivity index (χ0) is 19.3. The number of carbonyl (C=O) groups excluding carboxylic acids is 1. The van der Waals surface area contributed by atoms with Gasteiger partial charge in [0.25, 0.3) is 5.91 Å². The highest BCUT2D eigenvalue weighted by Crippen LogP contribution is 2.30. The van der Waals surface area contributed by atoms with Gasteiger partial charge >= 0.3 is 0 Å². The zero-order valence-electron chi connectivity index (χ0n) is 15.6. The standard InChI is InChI=1S/C20H24ClNO4/c1-13(17-12-16(24-4)10-11-18(17)25-5)22-19(23)20(2,3)26-15-8-6-14(21)7-9-15/h6-13H,1-5H3,(H,22,23). The van der Waals surface area contributed by atoms with Crippen molar-refractivity contribution < 1.29 is 19.0 Å². The minimum absolute atomic E-state index is 0.246. The summed E-state index contributed by atoms with van der Waals surface area (Å²) in [6, 6.07) is 12.1. The average Bonchev–Trinajstić information content (AvgIpc) is 2.62. The third kappa shape index (κ3) is 4.82. The number of halogens is 1. The van der Waals surface area contributed by atoms with E-state index in [0.29, 0.717) is 22.3 Å². The molecule has 140 valence electrons. The maximum atomic E-state index is 12.7. The van der Waals surface area contributed by atoms with Gasteiger partial charge in [-0.2, -0.15) is 0 Å². The lowest BCUT2D eigenvalue weighted by Gasteiger charge is -2.28. The zero-order valence-corrected chi connectivity index (χ0v) is 16.4. The number of nitrogens with one attached hydrogen (secondary N) is 1. The first-order valence-electron chi connectivity index (χ1n) is 8.24. The Morgan fingerprint density at radius 1 is 1.04 bits per heavy atom. The van der Waals surface area contributed by atoms with E-state index in [1.807, 2.05) is 25.1 Å². The van der Waals surface area contributed by atoms with E-state index in [0.717, 1.165) is 5.56 Å². The Balaban J connectivity index is 2.13. The Bertz CT molecular complexity index is 759. The van der Waals surface area contributed by atoms with E-state index >= 15 is 0 Å². The summed E-state index contributed by atoms with van der Waals surface area (Å²) in [4.78, 5) is 12.7. The number of rotatable bonds is 7. The van der Waals surface area contributed by atoms with Crippen molar-refractivity contribution in [1.82, 2.24) is 5.32 Å². The predicted molar refractivity (Wildman–Crippen MR) is 102 cm³/mol. The smallest absolute Gasteiger partial charge is 0.264 e. The molecule has 6 heteroatoms. The van der Waals surface area contributed by atoms with Crippen molar-refractivity contribution in [1.29, 1.82) is 0 Å². The van der Waals surface area contributed by atoms with Gasteiger partial charge in [0.2, 0.25) is 0 Å². The first-order valence-corrected chi connectivity index (χ1v) is 8.62. The number of benzene rings is 2. The summed E-state index contributed by atoms with van der Waals surface area (Å²) in [5.41, 5.74) is -0.240. The van der Waals surface area contributed by atoms with Crippen LogP contribution in [0.15, 0.2) is 42.5 Å². The largest absolute Gasteiger partial charge is 0.497 e. The fourth-order valence-electron chi connectivity index (χ4n) is 2.47. The summed E-state index contributed by atoms with van der Waals surface area (Å²) in [5.74, 6) is 1.69. The minimum Gasteiger partial charge on any atom is -0.497 e. The maximum Gasteiger partial charge on any atom is 0.264 e. The molecular formula is C20H24ClNO4. The number of hydrogen-bond donors (Lipinski definition) is 1. The minimum atomic E-state index is -1.06. The number of ether oxygens (including phenoxy) is 3. The highest BCUT2D eigenvalue weighted by Gasteiger charge is 2.31. The second-order valence-electron chi connectivity index (χ2n) is 6.37. The summed E-state index contributed by atoms with van der Waals surface area (Å²) >= 11 is 5.88. The molecule has 2 aromatic rings. The molecule has 0 spiro atoms. The second kappa shape index (κ2) is 8.32. The van der Waals surface area contributed by atoms with E-state index in [4.69, 9.17) is 25.8 Å². The van der Waals surface area contributed by atoms with E-state index < -0.39 is 5.60 Å². The van der Waals surface area contributed by atoms with Crippen LogP contribution in [0.2, 0.25) is 5.02 Å². The highest BCUT2D eigenvalue weighted by molar-refractivity contribution is 6.30. The van der Waals surface area contributed by atoms with Gasteiger partial charge in [0, 0.05) is 10.6 Å². The molecule has 1 amide bonds. The lowest BCUT2D eigenvalue weighted by Crippen LogP contribution is -2.47. The summed E-state index contributed by atoms with van der Waals surface area (Å²) in [5, 5.41) is 3.58. The molecule has 0 heterocycles. The van der Waals surface area contributed by atoms with Gasteiger partial charge < -0.3 is 19.5 Å². The van der Waals surface area contributed by atoms with Crippen molar-refractivity contribution >= 4 is 17.5 Å². The van der Waals surface area contributed by atoms with Crippen molar-refractivity contribution in [2.75, 3.05) is 14.2 Å².